The SMILES string of the molecule is CC(CO)NC(=O)c1cc(S(=O)(=O)N2CCCCC2)cn1C. The number of aliphatic hydroxyl groups is 1. The van der Waals surface area contributed by atoms with Gasteiger partial charge in [-0.25, -0.2) is 8.42 Å². The van der Waals surface area contributed by atoms with Crippen LogP contribution < -0.4 is 5.32 Å². The highest BCUT2D eigenvalue weighted by Gasteiger charge is 2.28. The molecule has 2 heterocycles. The molecule has 2 rings (SSSR count). The molecule has 1 aliphatic heterocycles. The van der Waals surface area contributed by atoms with Gasteiger partial charge >= 0.3 is 0 Å². The van der Waals surface area contributed by atoms with E-state index in [9.17, 15) is 13.2 Å². The summed E-state index contributed by atoms with van der Waals surface area (Å²) in [6.07, 6.45) is 4.25. The summed E-state index contributed by atoms with van der Waals surface area (Å²) in [6.45, 7) is 2.56. The average Bonchev–Trinajstić information content (AvgIpc) is 2.90. The van der Waals surface area contributed by atoms with Crippen LogP contribution >= 0.6 is 0 Å². The van der Waals surface area contributed by atoms with E-state index in [-0.39, 0.29) is 23.2 Å². The lowest BCUT2D eigenvalue weighted by atomic mass is 10.2. The number of sulfonamides is 1. The third kappa shape index (κ3) is 3.50. The second-order valence-electron chi connectivity index (χ2n) is 5.69. The number of hydrogen-bond acceptors (Lipinski definition) is 4. The van der Waals surface area contributed by atoms with Crippen LogP contribution in [0.4, 0.5) is 0 Å². The van der Waals surface area contributed by atoms with Crippen LogP contribution in [-0.2, 0) is 17.1 Å². The number of aliphatic hydroxyl groups excluding tert-OH is 1. The fraction of sp³-hybridized carbons (Fsp3) is 0.643. The van der Waals surface area contributed by atoms with E-state index >= 15 is 0 Å². The maximum Gasteiger partial charge on any atom is 0.268 e. The molecular weight excluding hydrogens is 306 g/mol. The first kappa shape index (κ1) is 17.0. The molecule has 1 aromatic rings. The zero-order valence-electron chi connectivity index (χ0n) is 12.9. The molecule has 2 N–H and O–H groups in total. The number of aryl methyl sites for hydroxylation is 1. The molecule has 22 heavy (non-hydrogen) atoms. The predicted molar refractivity (Wildman–Crippen MR) is 82.0 cm³/mol. The van der Waals surface area contributed by atoms with Gasteiger partial charge in [-0.3, -0.25) is 4.79 Å². The van der Waals surface area contributed by atoms with Gasteiger partial charge in [0.05, 0.1) is 6.61 Å². The van der Waals surface area contributed by atoms with Crippen LogP contribution in [0, 0.1) is 0 Å². The Morgan fingerprint density at radius 1 is 1.36 bits per heavy atom. The van der Waals surface area contributed by atoms with Crippen LogP contribution in [0.2, 0.25) is 0 Å². The van der Waals surface area contributed by atoms with Crippen molar-refractivity contribution in [1.82, 2.24) is 14.2 Å². The molecular formula is C14H23N3O4S. The number of carbonyl (C=O) groups is 1. The van der Waals surface area contributed by atoms with Crippen LogP contribution in [0.15, 0.2) is 17.2 Å². The van der Waals surface area contributed by atoms with Gasteiger partial charge in [0, 0.05) is 32.4 Å². The van der Waals surface area contributed by atoms with E-state index in [2.05, 4.69) is 5.32 Å². The van der Waals surface area contributed by atoms with Gasteiger partial charge in [0.2, 0.25) is 10.0 Å². The van der Waals surface area contributed by atoms with E-state index in [1.54, 1.807) is 14.0 Å². The van der Waals surface area contributed by atoms with Crippen molar-refractivity contribution < 1.29 is 18.3 Å². The third-order valence-corrected chi connectivity index (χ3v) is 5.68. The van der Waals surface area contributed by atoms with Crippen molar-refractivity contribution in [2.75, 3.05) is 19.7 Å². The Hall–Kier alpha value is -1.38. The van der Waals surface area contributed by atoms with E-state index in [4.69, 9.17) is 5.11 Å². The molecule has 1 aromatic heterocycles. The van der Waals surface area contributed by atoms with E-state index in [0.717, 1.165) is 19.3 Å². The number of rotatable bonds is 5. The lowest BCUT2D eigenvalue weighted by Crippen LogP contribution is -2.36. The highest BCUT2D eigenvalue weighted by atomic mass is 32.2. The Kier molecular flexibility index (Phi) is 5.25. The van der Waals surface area contributed by atoms with Crippen molar-refractivity contribution in [3.8, 4) is 0 Å². The van der Waals surface area contributed by atoms with Gasteiger partial charge in [-0.15, -0.1) is 0 Å². The third-order valence-electron chi connectivity index (χ3n) is 3.82. The number of hydrogen-bond donors (Lipinski definition) is 2. The van der Waals surface area contributed by atoms with E-state index in [1.165, 1.54) is 21.1 Å². The topological polar surface area (TPSA) is 91.6 Å². The average molecular weight is 329 g/mol. The van der Waals surface area contributed by atoms with Crippen LogP contribution in [0.3, 0.4) is 0 Å². The smallest absolute Gasteiger partial charge is 0.268 e. The molecule has 0 aromatic carbocycles. The highest BCUT2D eigenvalue weighted by molar-refractivity contribution is 7.89. The summed E-state index contributed by atoms with van der Waals surface area (Å²) in [4.78, 5) is 12.2. The maximum atomic E-state index is 12.6. The molecule has 8 heteroatoms. The first-order valence-electron chi connectivity index (χ1n) is 7.44. The Balaban J connectivity index is 2.23. The zero-order valence-corrected chi connectivity index (χ0v) is 13.8. The molecule has 124 valence electrons. The maximum absolute atomic E-state index is 12.6. The Bertz CT molecular complexity index is 633. The predicted octanol–water partition coefficient (Wildman–Crippen LogP) is 0.310. The minimum absolute atomic E-state index is 0.138. The van der Waals surface area contributed by atoms with Gasteiger partial charge in [0.15, 0.2) is 0 Å². The second-order valence-corrected chi connectivity index (χ2v) is 7.63. The molecule has 1 fully saturated rings. The van der Waals surface area contributed by atoms with Crippen molar-refractivity contribution in [1.29, 1.82) is 0 Å². The molecule has 0 bridgehead atoms. The number of amides is 1. The van der Waals surface area contributed by atoms with E-state index in [1.807, 2.05) is 0 Å². The van der Waals surface area contributed by atoms with Gasteiger partial charge in [-0.1, -0.05) is 6.42 Å². The highest BCUT2D eigenvalue weighted by Crippen LogP contribution is 2.22. The minimum atomic E-state index is -3.55. The van der Waals surface area contributed by atoms with Crippen molar-refractivity contribution in [2.24, 2.45) is 7.05 Å². The molecule has 0 aliphatic carbocycles. The summed E-state index contributed by atoms with van der Waals surface area (Å²) in [5.41, 5.74) is 0.260. The normalized spacial score (nSPS) is 18.1. The number of piperidine rings is 1. The Morgan fingerprint density at radius 2 is 2.00 bits per heavy atom. The summed E-state index contributed by atoms with van der Waals surface area (Å²) in [5.74, 6) is -0.399. The summed E-state index contributed by atoms with van der Waals surface area (Å²) < 4.78 is 28.2. The summed E-state index contributed by atoms with van der Waals surface area (Å²) in [6, 6.07) is 1.01. The van der Waals surface area contributed by atoms with Crippen LogP contribution in [0.25, 0.3) is 0 Å². The fourth-order valence-corrected chi connectivity index (χ4v) is 4.09. The minimum Gasteiger partial charge on any atom is -0.394 e. The number of nitrogens with one attached hydrogen (secondary N) is 1. The largest absolute Gasteiger partial charge is 0.394 e. The molecule has 0 spiro atoms. The fourth-order valence-electron chi connectivity index (χ4n) is 2.50. The van der Waals surface area contributed by atoms with Crippen LogP contribution in [-0.4, -0.2) is 54.0 Å². The number of carbonyl (C=O) groups excluding carboxylic acids is 1. The van der Waals surface area contributed by atoms with Crippen molar-refractivity contribution in [3.05, 3.63) is 18.0 Å². The van der Waals surface area contributed by atoms with Gasteiger partial charge in [0.25, 0.3) is 5.91 Å². The first-order chi connectivity index (χ1) is 10.4. The summed E-state index contributed by atoms with van der Waals surface area (Å²) in [7, 11) is -1.92. The monoisotopic (exact) mass is 329 g/mol. The van der Waals surface area contributed by atoms with E-state index in [0.29, 0.717) is 13.1 Å². The van der Waals surface area contributed by atoms with Gasteiger partial charge in [-0.05, 0) is 25.8 Å². The molecule has 0 saturated carbocycles. The lowest BCUT2D eigenvalue weighted by Gasteiger charge is -2.25. The molecule has 1 amide bonds. The molecule has 1 aliphatic rings. The first-order valence-corrected chi connectivity index (χ1v) is 8.88. The standard InChI is InChI=1S/C14H23N3O4S/c1-11(10-18)15-14(19)13-8-12(9-16(13)2)22(20,21)17-6-4-3-5-7-17/h8-9,11,18H,3-7,10H2,1-2H3,(H,15,19). The molecule has 1 atom stereocenters. The zero-order chi connectivity index (χ0) is 16.3. The number of nitrogens with zero attached hydrogens (tertiary/aromatic N) is 2. The van der Waals surface area contributed by atoms with Crippen molar-refractivity contribution in [3.63, 3.8) is 0 Å². The van der Waals surface area contributed by atoms with Gasteiger partial charge in [-0.2, -0.15) is 4.31 Å². The van der Waals surface area contributed by atoms with Crippen molar-refractivity contribution >= 4 is 15.9 Å². The molecule has 1 saturated heterocycles. The summed E-state index contributed by atoms with van der Waals surface area (Å²) >= 11 is 0. The van der Waals surface area contributed by atoms with E-state index < -0.39 is 15.9 Å². The lowest BCUT2D eigenvalue weighted by molar-refractivity contribution is 0.0914. The molecule has 0 radical (unpaired) electrons. The van der Waals surface area contributed by atoms with Crippen LogP contribution in [0.5, 0.6) is 0 Å². The molecule has 1 unspecified atom stereocenters. The molecule has 7 nitrogen and oxygen atoms in total. The van der Waals surface area contributed by atoms with Crippen molar-refractivity contribution in [2.45, 2.75) is 37.1 Å². The Morgan fingerprint density at radius 3 is 2.59 bits per heavy atom. The number of aromatic nitrogens is 1. The Labute approximate surface area is 131 Å². The van der Waals surface area contributed by atoms with Crippen LogP contribution in [0.1, 0.15) is 36.7 Å². The summed E-state index contributed by atoms with van der Waals surface area (Å²) in [5, 5.41) is 11.6. The second kappa shape index (κ2) is 6.80. The van der Waals surface area contributed by atoms with Gasteiger partial charge in [0.1, 0.15) is 10.6 Å². The van der Waals surface area contributed by atoms with Gasteiger partial charge < -0.3 is 15.0 Å². The quantitative estimate of drug-likeness (QED) is 0.813.